The van der Waals surface area contributed by atoms with Gasteiger partial charge < -0.3 is 0 Å². The number of nitrogens with zero attached hydrogens (tertiary/aromatic N) is 2. The van der Waals surface area contributed by atoms with Crippen LogP contribution in [0.3, 0.4) is 0 Å². The largest absolute Gasteiger partial charge is 0.298 e. The Kier molecular flexibility index (Phi) is 5.84. The van der Waals surface area contributed by atoms with Crippen molar-refractivity contribution in [1.29, 1.82) is 0 Å². The van der Waals surface area contributed by atoms with Gasteiger partial charge in [-0.2, -0.15) is 0 Å². The van der Waals surface area contributed by atoms with E-state index in [2.05, 4.69) is 45.5 Å². The van der Waals surface area contributed by atoms with Crippen molar-refractivity contribution in [3.05, 3.63) is 82.4 Å². The quantitative estimate of drug-likeness (QED) is 0.659. The Bertz CT molecular complexity index is 930. The van der Waals surface area contributed by atoms with Gasteiger partial charge in [-0.3, -0.25) is 15.0 Å². The van der Waals surface area contributed by atoms with Gasteiger partial charge in [0.05, 0.1) is 0 Å². The van der Waals surface area contributed by atoms with Gasteiger partial charge in [-0.15, -0.1) is 11.3 Å². The summed E-state index contributed by atoms with van der Waals surface area (Å²) in [4.78, 5) is 20.5. The molecule has 1 amide bonds. The second-order valence-corrected chi connectivity index (χ2v) is 8.53. The van der Waals surface area contributed by atoms with Gasteiger partial charge in [0.25, 0.3) is 5.91 Å². The van der Waals surface area contributed by atoms with Gasteiger partial charge in [-0.1, -0.05) is 48.0 Å². The van der Waals surface area contributed by atoms with Crippen molar-refractivity contribution in [2.45, 2.75) is 32.2 Å². The number of thiazole rings is 1. The van der Waals surface area contributed by atoms with Crippen LogP contribution in [0.5, 0.6) is 0 Å². The topological polar surface area (TPSA) is 45.2 Å². The van der Waals surface area contributed by atoms with Crippen LogP contribution in [0.25, 0.3) is 0 Å². The van der Waals surface area contributed by atoms with E-state index in [9.17, 15) is 4.79 Å². The van der Waals surface area contributed by atoms with Crippen LogP contribution in [0.4, 0.5) is 5.13 Å². The van der Waals surface area contributed by atoms with E-state index in [1.807, 2.05) is 37.4 Å². The molecule has 28 heavy (non-hydrogen) atoms. The number of carbonyl (C=O) groups excluding carboxylic acids is 1. The lowest BCUT2D eigenvalue weighted by Crippen LogP contribution is -2.32. The molecule has 5 heteroatoms. The summed E-state index contributed by atoms with van der Waals surface area (Å²) in [6, 6.07) is 18.4. The summed E-state index contributed by atoms with van der Waals surface area (Å²) in [5.41, 5.74) is 3.20. The number of anilines is 1. The lowest BCUT2D eigenvalue weighted by molar-refractivity contribution is 0.102. The Labute approximate surface area is 170 Å². The fourth-order valence-electron chi connectivity index (χ4n) is 3.76. The molecule has 0 radical (unpaired) electrons. The van der Waals surface area contributed by atoms with Crippen LogP contribution in [0, 0.1) is 6.92 Å². The van der Waals surface area contributed by atoms with E-state index in [4.69, 9.17) is 0 Å². The van der Waals surface area contributed by atoms with Crippen LogP contribution in [-0.2, 0) is 6.54 Å². The lowest BCUT2D eigenvalue weighted by Gasteiger charge is -2.31. The summed E-state index contributed by atoms with van der Waals surface area (Å²) in [7, 11) is 0. The zero-order valence-corrected chi connectivity index (χ0v) is 16.9. The number of benzene rings is 2. The minimum absolute atomic E-state index is 0.103. The third-order valence-corrected chi connectivity index (χ3v) is 6.19. The highest BCUT2D eigenvalue weighted by atomic mass is 32.1. The average molecular weight is 392 g/mol. The molecule has 144 valence electrons. The smallest absolute Gasteiger partial charge is 0.257 e. The fraction of sp³-hybridized carbons (Fsp3) is 0.304. The summed E-state index contributed by atoms with van der Waals surface area (Å²) in [6.07, 6.45) is 4.28. The summed E-state index contributed by atoms with van der Waals surface area (Å²) in [6.45, 7) is 5.09. The first-order valence-electron chi connectivity index (χ1n) is 9.77. The summed E-state index contributed by atoms with van der Waals surface area (Å²) >= 11 is 1.57. The van der Waals surface area contributed by atoms with Crippen molar-refractivity contribution < 1.29 is 4.79 Å². The number of amides is 1. The number of aryl methyl sites for hydroxylation is 1. The Hall–Kier alpha value is -2.50. The second-order valence-electron chi connectivity index (χ2n) is 7.42. The molecule has 0 aliphatic carbocycles. The molecule has 2 heterocycles. The molecule has 0 saturated carbocycles. The monoisotopic (exact) mass is 391 g/mol. The first kappa shape index (κ1) is 18.8. The molecule has 0 unspecified atom stereocenters. The molecular weight excluding hydrogens is 366 g/mol. The van der Waals surface area contributed by atoms with Crippen LogP contribution in [0.15, 0.2) is 60.8 Å². The van der Waals surface area contributed by atoms with Crippen molar-refractivity contribution >= 4 is 22.4 Å². The highest BCUT2D eigenvalue weighted by Crippen LogP contribution is 2.29. The summed E-state index contributed by atoms with van der Waals surface area (Å²) in [5, 5.41) is 3.59. The van der Waals surface area contributed by atoms with E-state index in [1.165, 1.54) is 23.3 Å². The normalized spacial score (nSPS) is 15.5. The number of likely N-dealkylation sites (tertiary alicyclic amines) is 1. The van der Waals surface area contributed by atoms with Crippen LogP contribution < -0.4 is 5.32 Å². The van der Waals surface area contributed by atoms with Crippen LogP contribution >= 0.6 is 11.3 Å². The number of rotatable bonds is 5. The number of aromatic nitrogens is 1. The molecular formula is C23H25N3OS. The standard InChI is InChI=1S/C23H25N3OS/c1-17-6-5-9-20(14-17)22(27)25-23-24-15-21(28-23)16-26-12-10-19(11-13-26)18-7-3-2-4-8-18/h2-9,14-15,19H,10-13,16H2,1H3,(H,24,25,27). The van der Waals surface area contributed by atoms with Crippen molar-refractivity contribution in [3.63, 3.8) is 0 Å². The maximum Gasteiger partial charge on any atom is 0.257 e. The van der Waals surface area contributed by atoms with Crippen molar-refractivity contribution in [2.75, 3.05) is 18.4 Å². The molecule has 1 aliphatic heterocycles. The van der Waals surface area contributed by atoms with Crippen molar-refractivity contribution in [1.82, 2.24) is 9.88 Å². The predicted octanol–water partition coefficient (Wildman–Crippen LogP) is 5.08. The van der Waals surface area contributed by atoms with Crippen LogP contribution in [-0.4, -0.2) is 28.9 Å². The predicted molar refractivity (Wildman–Crippen MR) is 115 cm³/mol. The highest BCUT2D eigenvalue weighted by Gasteiger charge is 2.21. The van der Waals surface area contributed by atoms with Crippen molar-refractivity contribution in [2.24, 2.45) is 0 Å². The van der Waals surface area contributed by atoms with E-state index in [-0.39, 0.29) is 5.91 Å². The third-order valence-electron chi connectivity index (χ3n) is 5.29. The second kappa shape index (κ2) is 8.67. The van der Waals surface area contributed by atoms with Gasteiger partial charge in [0.1, 0.15) is 0 Å². The molecule has 2 aromatic carbocycles. The SMILES string of the molecule is Cc1cccc(C(=O)Nc2ncc(CN3CCC(c4ccccc4)CC3)s2)c1. The molecule has 4 nitrogen and oxygen atoms in total. The molecule has 3 aromatic rings. The Morgan fingerprint density at radius 1 is 1.14 bits per heavy atom. The van der Waals surface area contributed by atoms with Gasteiger partial charge in [0.2, 0.25) is 0 Å². The molecule has 0 bridgehead atoms. The Morgan fingerprint density at radius 3 is 2.68 bits per heavy atom. The van der Waals surface area contributed by atoms with Crippen LogP contribution in [0.2, 0.25) is 0 Å². The molecule has 0 atom stereocenters. The molecule has 0 spiro atoms. The minimum atomic E-state index is -0.103. The molecule has 1 aliphatic rings. The van der Waals surface area contributed by atoms with Gasteiger partial charge in [0, 0.05) is 23.2 Å². The molecule has 4 rings (SSSR count). The highest BCUT2D eigenvalue weighted by molar-refractivity contribution is 7.15. The molecule has 1 saturated heterocycles. The van der Waals surface area contributed by atoms with Gasteiger partial charge in [-0.05, 0) is 56.5 Å². The fourth-order valence-corrected chi connectivity index (χ4v) is 4.61. The van der Waals surface area contributed by atoms with E-state index in [0.717, 1.165) is 25.2 Å². The molecule has 1 fully saturated rings. The van der Waals surface area contributed by atoms with E-state index in [0.29, 0.717) is 16.6 Å². The van der Waals surface area contributed by atoms with E-state index in [1.54, 1.807) is 11.3 Å². The summed E-state index contributed by atoms with van der Waals surface area (Å²) in [5.74, 6) is 0.566. The van der Waals surface area contributed by atoms with Crippen molar-refractivity contribution in [3.8, 4) is 0 Å². The van der Waals surface area contributed by atoms with E-state index < -0.39 is 0 Å². The zero-order valence-electron chi connectivity index (χ0n) is 16.1. The Balaban J connectivity index is 1.30. The summed E-state index contributed by atoms with van der Waals surface area (Å²) < 4.78 is 0. The van der Waals surface area contributed by atoms with E-state index >= 15 is 0 Å². The number of hydrogen-bond acceptors (Lipinski definition) is 4. The lowest BCUT2D eigenvalue weighted by atomic mass is 9.89. The first-order chi connectivity index (χ1) is 13.7. The number of nitrogens with one attached hydrogen (secondary N) is 1. The molecule has 1 aromatic heterocycles. The maximum absolute atomic E-state index is 12.4. The van der Waals surface area contributed by atoms with Crippen LogP contribution in [0.1, 0.15) is 45.1 Å². The number of piperidine rings is 1. The zero-order chi connectivity index (χ0) is 19.3. The van der Waals surface area contributed by atoms with Gasteiger partial charge >= 0.3 is 0 Å². The number of carbonyl (C=O) groups is 1. The van der Waals surface area contributed by atoms with Gasteiger partial charge in [0.15, 0.2) is 5.13 Å². The molecule has 1 N–H and O–H groups in total. The average Bonchev–Trinajstić information content (AvgIpc) is 3.16. The first-order valence-corrected chi connectivity index (χ1v) is 10.6. The third kappa shape index (κ3) is 4.66. The number of hydrogen-bond donors (Lipinski definition) is 1. The Morgan fingerprint density at radius 2 is 1.93 bits per heavy atom. The maximum atomic E-state index is 12.4. The van der Waals surface area contributed by atoms with Gasteiger partial charge in [-0.25, -0.2) is 4.98 Å². The minimum Gasteiger partial charge on any atom is -0.298 e.